The van der Waals surface area contributed by atoms with Gasteiger partial charge in [0.1, 0.15) is 5.76 Å². The third kappa shape index (κ3) is 2.75. The van der Waals surface area contributed by atoms with Crippen LogP contribution in [0.15, 0.2) is 47.1 Å². The number of furan rings is 1. The summed E-state index contributed by atoms with van der Waals surface area (Å²) in [4.78, 5) is 0. The molecule has 0 aliphatic rings. The van der Waals surface area contributed by atoms with E-state index in [1.807, 2.05) is 24.5 Å². The van der Waals surface area contributed by atoms with Crippen LogP contribution in [0.4, 0.5) is 0 Å². The average molecular weight is 213 g/mol. The van der Waals surface area contributed by atoms with Gasteiger partial charge in [-0.05, 0) is 18.1 Å². The third-order valence-corrected chi connectivity index (χ3v) is 2.68. The number of hydrogen-bond acceptors (Lipinski definition) is 1. The van der Waals surface area contributed by atoms with Crippen LogP contribution in [0.1, 0.15) is 25.0 Å². The zero-order valence-electron chi connectivity index (χ0n) is 9.49. The van der Waals surface area contributed by atoms with Crippen molar-refractivity contribution in [1.29, 1.82) is 0 Å². The minimum Gasteiger partial charge on any atom is -0.469 e. The van der Waals surface area contributed by atoms with Crippen LogP contribution in [0, 0.1) is 6.92 Å². The van der Waals surface area contributed by atoms with Gasteiger partial charge in [0.2, 0.25) is 0 Å². The van der Waals surface area contributed by atoms with Crippen LogP contribution in [-0.4, -0.2) is 0 Å². The highest BCUT2D eigenvalue weighted by molar-refractivity contribution is 5.62. The topological polar surface area (TPSA) is 13.1 Å². The molecule has 16 heavy (non-hydrogen) atoms. The van der Waals surface area contributed by atoms with Gasteiger partial charge < -0.3 is 4.42 Å². The molecule has 1 aromatic carbocycles. The molecule has 0 fully saturated rings. The molecule has 0 N–H and O–H groups in total. The first-order valence-corrected chi connectivity index (χ1v) is 5.82. The minimum atomic E-state index is 1.01. The normalized spacial score (nSPS) is 10.6. The molecule has 0 bridgehead atoms. The van der Waals surface area contributed by atoms with E-state index in [2.05, 4.69) is 25.1 Å². The maximum absolute atomic E-state index is 5.55. The summed E-state index contributed by atoms with van der Waals surface area (Å²) >= 11 is 0. The second-order valence-corrected chi connectivity index (χ2v) is 3.98. The van der Waals surface area contributed by atoms with Crippen molar-refractivity contribution >= 4 is 0 Å². The smallest absolute Gasteiger partial charge is 0.104 e. The SMILES string of the molecule is [CH2]CCCCc1cc(-c2ccccc2)co1. The van der Waals surface area contributed by atoms with Crippen molar-refractivity contribution < 1.29 is 4.42 Å². The van der Waals surface area contributed by atoms with Gasteiger partial charge >= 0.3 is 0 Å². The molecular weight excluding hydrogens is 196 g/mol. The van der Waals surface area contributed by atoms with Crippen LogP contribution < -0.4 is 0 Å². The lowest BCUT2D eigenvalue weighted by Crippen LogP contribution is -1.81. The molecule has 1 nitrogen and oxygen atoms in total. The average Bonchev–Trinajstić information content (AvgIpc) is 2.79. The first-order valence-electron chi connectivity index (χ1n) is 5.82. The maximum atomic E-state index is 5.55. The van der Waals surface area contributed by atoms with Crippen molar-refractivity contribution in [3.8, 4) is 11.1 Å². The van der Waals surface area contributed by atoms with Gasteiger partial charge in [0.05, 0.1) is 6.26 Å². The largest absolute Gasteiger partial charge is 0.469 e. The molecule has 0 aliphatic heterocycles. The van der Waals surface area contributed by atoms with Crippen LogP contribution in [0.2, 0.25) is 0 Å². The summed E-state index contributed by atoms with van der Waals surface area (Å²) in [5.41, 5.74) is 2.39. The predicted octanol–water partition coefficient (Wildman–Crippen LogP) is 4.49. The van der Waals surface area contributed by atoms with Crippen LogP contribution >= 0.6 is 0 Å². The van der Waals surface area contributed by atoms with E-state index >= 15 is 0 Å². The summed E-state index contributed by atoms with van der Waals surface area (Å²) in [6, 6.07) is 12.5. The standard InChI is InChI=1S/C15H17O/c1-2-3-5-10-15-11-14(12-16-15)13-8-6-4-7-9-13/h4,6-9,11-12H,1-3,5,10H2. The molecule has 0 saturated heterocycles. The van der Waals surface area contributed by atoms with E-state index in [1.165, 1.54) is 17.5 Å². The Kier molecular flexibility index (Phi) is 3.81. The van der Waals surface area contributed by atoms with Crippen molar-refractivity contribution in [2.75, 3.05) is 0 Å². The lowest BCUT2D eigenvalue weighted by molar-refractivity contribution is 0.499. The van der Waals surface area contributed by atoms with E-state index in [0.717, 1.165) is 25.0 Å². The summed E-state index contributed by atoms with van der Waals surface area (Å²) in [6.07, 6.45) is 6.19. The van der Waals surface area contributed by atoms with Crippen molar-refractivity contribution in [2.24, 2.45) is 0 Å². The first-order chi connectivity index (χ1) is 7.90. The molecule has 83 valence electrons. The second kappa shape index (κ2) is 5.55. The lowest BCUT2D eigenvalue weighted by atomic mass is 10.1. The summed E-state index contributed by atoms with van der Waals surface area (Å²) in [6.45, 7) is 3.84. The van der Waals surface area contributed by atoms with Gasteiger partial charge in [-0.2, -0.15) is 0 Å². The number of rotatable bonds is 5. The number of benzene rings is 1. The Morgan fingerprint density at radius 3 is 2.56 bits per heavy atom. The first kappa shape index (κ1) is 11.0. The predicted molar refractivity (Wildman–Crippen MR) is 67.1 cm³/mol. The Hall–Kier alpha value is -1.50. The molecule has 2 aromatic rings. The van der Waals surface area contributed by atoms with Gasteiger partial charge in [-0.3, -0.25) is 0 Å². The number of aryl methyl sites for hydroxylation is 1. The summed E-state index contributed by atoms with van der Waals surface area (Å²) in [5, 5.41) is 0. The van der Waals surface area contributed by atoms with Gasteiger partial charge in [-0.1, -0.05) is 50.1 Å². The van der Waals surface area contributed by atoms with Crippen molar-refractivity contribution in [3.05, 3.63) is 55.3 Å². The highest BCUT2D eigenvalue weighted by atomic mass is 16.3. The quantitative estimate of drug-likeness (QED) is 0.667. The number of unbranched alkanes of at least 4 members (excludes halogenated alkanes) is 2. The molecule has 0 spiro atoms. The van der Waals surface area contributed by atoms with Crippen molar-refractivity contribution in [3.63, 3.8) is 0 Å². The molecular formula is C15H17O. The summed E-state index contributed by atoms with van der Waals surface area (Å²) in [7, 11) is 0. The van der Waals surface area contributed by atoms with Gasteiger partial charge in [-0.25, -0.2) is 0 Å². The monoisotopic (exact) mass is 213 g/mol. The van der Waals surface area contributed by atoms with Crippen LogP contribution in [-0.2, 0) is 6.42 Å². The molecule has 2 rings (SSSR count). The van der Waals surface area contributed by atoms with Crippen molar-refractivity contribution in [1.82, 2.24) is 0 Å². The molecule has 0 aliphatic carbocycles. The molecule has 1 heterocycles. The van der Waals surface area contributed by atoms with E-state index in [0.29, 0.717) is 0 Å². The minimum absolute atomic E-state index is 1.01. The van der Waals surface area contributed by atoms with E-state index < -0.39 is 0 Å². The zero-order chi connectivity index (χ0) is 11.2. The third-order valence-electron chi connectivity index (χ3n) is 2.68. The van der Waals surface area contributed by atoms with E-state index in [-0.39, 0.29) is 0 Å². The molecule has 1 heteroatoms. The summed E-state index contributed by atoms with van der Waals surface area (Å²) in [5.74, 6) is 1.08. The fraction of sp³-hybridized carbons (Fsp3) is 0.267. The molecule has 0 amide bonds. The Balaban J connectivity index is 2.02. The molecule has 1 radical (unpaired) electrons. The maximum Gasteiger partial charge on any atom is 0.104 e. The Morgan fingerprint density at radius 1 is 1.00 bits per heavy atom. The second-order valence-electron chi connectivity index (χ2n) is 3.98. The number of hydrogen-bond donors (Lipinski definition) is 0. The fourth-order valence-electron chi connectivity index (χ4n) is 1.77. The van der Waals surface area contributed by atoms with Gasteiger partial charge in [0, 0.05) is 12.0 Å². The van der Waals surface area contributed by atoms with Gasteiger partial charge in [0.15, 0.2) is 0 Å². The highest BCUT2D eigenvalue weighted by Crippen LogP contribution is 2.22. The summed E-state index contributed by atoms with van der Waals surface area (Å²) < 4.78 is 5.55. The Morgan fingerprint density at radius 2 is 1.81 bits per heavy atom. The van der Waals surface area contributed by atoms with Gasteiger partial charge in [-0.15, -0.1) is 0 Å². The van der Waals surface area contributed by atoms with Crippen LogP contribution in [0.25, 0.3) is 11.1 Å². The lowest BCUT2D eigenvalue weighted by Gasteiger charge is -1.94. The molecule has 0 unspecified atom stereocenters. The van der Waals surface area contributed by atoms with E-state index in [9.17, 15) is 0 Å². The Bertz CT molecular complexity index is 414. The van der Waals surface area contributed by atoms with E-state index in [4.69, 9.17) is 4.42 Å². The van der Waals surface area contributed by atoms with Crippen LogP contribution in [0.3, 0.4) is 0 Å². The highest BCUT2D eigenvalue weighted by Gasteiger charge is 2.03. The van der Waals surface area contributed by atoms with Crippen LogP contribution in [0.5, 0.6) is 0 Å². The molecule has 1 aromatic heterocycles. The zero-order valence-corrected chi connectivity index (χ0v) is 9.49. The molecule has 0 saturated carbocycles. The Labute approximate surface area is 97.1 Å². The molecule has 0 atom stereocenters. The van der Waals surface area contributed by atoms with Crippen molar-refractivity contribution in [2.45, 2.75) is 25.7 Å². The fourth-order valence-corrected chi connectivity index (χ4v) is 1.77. The van der Waals surface area contributed by atoms with Gasteiger partial charge in [0.25, 0.3) is 0 Å². The van der Waals surface area contributed by atoms with E-state index in [1.54, 1.807) is 0 Å².